The van der Waals surface area contributed by atoms with Gasteiger partial charge in [-0.15, -0.1) is 11.3 Å². The summed E-state index contributed by atoms with van der Waals surface area (Å²) in [6.45, 7) is 3.60. The number of thiazole rings is 1. The Morgan fingerprint density at radius 3 is 2.35 bits per heavy atom. The summed E-state index contributed by atoms with van der Waals surface area (Å²) < 4.78 is 27.8. The van der Waals surface area contributed by atoms with Crippen molar-refractivity contribution in [3.05, 3.63) is 46.2 Å². The highest BCUT2D eigenvalue weighted by molar-refractivity contribution is 7.89. The third kappa shape index (κ3) is 3.77. The summed E-state index contributed by atoms with van der Waals surface area (Å²) in [6, 6.07) is 5.70. The second-order valence-electron chi connectivity index (χ2n) is 5.35. The van der Waals surface area contributed by atoms with Crippen LogP contribution in [0.4, 0.5) is 0 Å². The number of nitrogens with zero attached hydrogens (tertiary/aromatic N) is 3. The first-order valence-electron chi connectivity index (χ1n) is 7.01. The quantitative estimate of drug-likeness (QED) is 0.842. The lowest BCUT2D eigenvalue weighted by Gasteiger charge is -2.20. The largest absolute Gasteiger partial charge is 0.327 e. The number of amides is 1. The molecule has 8 heteroatoms. The molecule has 2 aromatic rings. The van der Waals surface area contributed by atoms with Crippen LogP contribution in [-0.2, 0) is 17.1 Å². The van der Waals surface area contributed by atoms with Crippen molar-refractivity contribution in [1.29, 1.82) is 0 Å². The van der Waals surface area contributed by atoms with E-state index in [0.29, 0.717) is 10.4 Å². The van der Waals surface area contributed by atoms with Crippen molar-refractivity contribution in [2.75, 3.05) is 7.05 Å². The van der Waals surface area contributed by atoms with Crippen LogP contribution in [0.1, 0.15) is 24.2 Å². The number of hydrogen-bond donors (Lipinski definition) is 0. The fraction of sp³-hybridized carbons (Fsp3) is 0.333. The maximum atomic E-state index is 12.4. The Hall–Kier alpha value is -1.77. The van der Waals surface area contributed by atoms with Crippen LogP contribution in [0.3, 0.4) is 0 Å². The SMILES string of the molecule is CC(C)N(C)S(=O)(=O)c1ccc(C(=O)N=c2sccn2C)cc1. The van der Waals surface area contributed by atoms with Gasteiger partial charge in [-0.1, -0.05) is 0 Å². The third-order valence-electron chi connectivity index (χ3n) is 3.46. The summed E-state index contributed by atoms with van der Waals surface area (Å²) in [5.74, 6) is -0.399. The molecule has 23 heavy (non-hydrogen) atoms. The average molecular weight is 353 g/mol. The number of carbonyl (C=O) groups excluding carboxylic acids is 1. The minimum Gasteiger partial charge on any atom is -0.327 e. The highest BCUT2D eigenvalue weighted by atomic mass is 32.2. The highest BCUT2D eigenvalue weighted by Crippen LogP contribution is 2.17. The zero-order valence-electron chi connectivity index (χ0n) is 13.4. The van der Waals surface area contributed by atoms with Gasteiger partial charge in [0.1, 0.15) is 0 Å². The molecule has 1 amide bonds. The van der Waals surface area contributed by atoms with Crippen LogP contribution in [0.25, 0.3) is 0 Å². The normalized spacial score (nSPS) is 13.0. The van der Waals surface area contributed by atoms with Crippen molar-refractivity contribution in [2.45, 2.75) is 24.8 Å². The second kappa shape index (κ2) is 6.77. The van der Waals surface area contributed by atoms with Crippen LogP contribution >= 0.6 is 11.3 Å². The number of carbonyl (C=O) groups is 1. The predicted octanol–water partition coefficient (Wildman–Crippen LogP) is 1.86. The molecule has 0 atom stereocenters. The van der Waals surface area contributed by atoms with E-state index in [2.05, 4.69) is 4.99 Å². The maximum absolute atomic E-state index is 12.4. The van der Waals surface area contributed by atoms with Crippen molar-refractivity contribution in [3.63, 3.8) is 0 Å². The Balaban J connectivity index is 2.30. The molecule has 0 saturated carbocycles. The fourth-order valence-corrected chi connectivity index (χ4v) is 3.89. The molecule has 2 rings (SSSR count). The van der Waals surface area contributed by atoms with Gasteiger partial charge in [-0.05, 0) is 38.1 Å². The summed E-state index contributed by atoms with van der Waals surface area (Å²) >= 11 is 1.36. The Kier molecular flexibility index (Phi) is 5.18. The molecule has 0 N–H and O–H groups in total. The minimum absolute atomic E-state index is 0.143. The Morgan fingerprint density at radius 2 is 1.87 bits per heavy atom. The van der Waals surface area contributed by atoms with Gasteiger partial charge in [0, 0.05) is 37.3 Å². The molecule has 0 radical (unpaired) electrons. The first-order chi connectivity index (χ1) is 10.7. The molecular formula is C15H19N3O3S2. The van der Waals surface area contributed by atoms with Gasteiger partial charge in [-0.3, -0.25) is 4.79 Å². The maximum Gasteiger partial charge on any atom is 0.279 e. The lowest BCUT2D eigenvalue weighted by atomic mass is 10.2. The number of hydrogen-bond acceptors (Lipinski definition) is 4. The molecule has 0 bridgehead atoms. The average Bonchev–Trinajstić information content (AvgIpc) is 2.91. The molecule has 0 aliphatic rings. The van der Waals surface area contributed by atoms with Gasteiger partial charge in [0.2, 0.25) is 10.0 Å². The van der Waals surface area contributed by atoms with Crippen molar-refractivity contribution < 1.29 is 13.2 Å². The molecule has 1 heterocycles. The van der Waals surface area contributed by atoms with Gasteiger partial charge in [0.25, 0.3) is 5.91 Å². The smallest absolute Gasteiger partial charge is 0.279 e. The van der Waals surface area contributed by atoms with Crippen LogP contribution in [0.5, 0.6) is 0 Å². The van der Waals surface area contributed by atoms with Crippen LogP contribution in [0.2, 0.25) is 0 Å². The molecule has 0 aliphatic carbocycles. The van der Waals surface area contributed by atoms with Crippen molar-refractivity contribution >= 4 is 27.3 Å². The van der Waals surface area contributed by atoms with E-state index >= 15 is 0 Å². The summed E-state index contributed by atoms with van der Waals surface area (Å²) in [5.41, 5.74) is 0.351. The highest BCUT2D eigenvalue weighted by Gasteiger charge is 2.23. The van der Waals surface area contributed by atoms with E-state index < -0.39 is 15.9 Å². The molecular weight excluding hydrogens is 334 g/mol. The molecule has 1 aromatic heterocycles. The number of aromatic nitrogens is 1. The topological polar surface area (TPSA) is 71.7 Å². The van der Waals surface area contributed by atoms with Crippen LogP contribution < -0.4 is 4.80 Å². The number of sulfonamides is 1. The summed E-state index contributed by atoms with van der Waals surface area (Å²) in [6.07, 6.45) is 1.81. The van der Waals surface area contributed by atoms with E-state index in [4.69, 9.17) is 0 Å². The minimum atomic E-state index is -3.55. The van der Waals surface area contributed by atoms with E-state index in [1.165, 1.54) is 47.0 Å². The molecule has 0 saturated heterocycles. The zero-order chi connectivity index (χ0) is 17.2. The summed E-state index contributed by atoms with van der Waals surface area (Å²) in [7, 11) is -0.209. The fourth-order valence-electron chi connectivity index (χ4n) is 1.80. The monoisotopic (exact) mass is 353 g/mol. The number of rotatable bonds is 4. The molecule has 1 aromatic carbocycles. The molecule has 0 spiro atoms. The molecule has 6 nitrogen and oxygen atoms in total. The van der Waals surface area contributed by atoms with Gasteiger partial charge >= 0.3 is 0 Å². The van der Waals surface area contributed by atoms with Crippen molar-refractivity contribution in [1.82, 2.24) is 8.87 Å². The van der Waals surface area contributed by atoms with Gasteiger partial charge in [0.05, 0.1) is 4.90 Å². The summed E-state index contributed by atoms with van der Waals surface area (Å²) in [4.78, 5) is 16.9. The lowest BCUT2D eigenvalue weighted by Crippen LogP contribution is -2.33. The lowest BCUT2D eigenvalue weighted by molar-refractivity contribution is 0.0997. The van der Waals surface area contributed by atoms with E-state index in [1.807, 2.05) is 11.6 Å². The van der Waals surface area contributed by atoms with Crippen LogP contribution in [0, 0.1) is 0 Å². The van der Waals surface area contributed by atoms with Gasteiger partial charge < -0.3 is 4.57 Å². The first-order valence-corrected chi connectivity index (χ1v) is 9.32. The number of benzene rings is 1. The number of aryl methyl sites for hydroxylation is 1. The standard InChI is InChI=1S/C15H19N3O3S2/c1-11(2)18(4)23(20,21)13-7-5-12(6-8-13)14(19)16-15-17(3)9-10-22-15/h5-11H,1-4H3. The zero-order valence-corrected chi connectivity index (χ0v) is 15.1. The van der Waals surface area contributed by atoms with Gasteiger partial charge in [-0.2, -0.15) is 9.30 Å². The van der Waals surface area contributed by atoms with Crippen LogP contribution in [0.15, 0.2) is 45.7 Å². The predicted molar refractivity (Wildman–Crippen MR) is 89.7 cm³/mol. The Morgan fingerprint density at radius 1 is 1.26 bits per heavy atom. The van der Waals surface area contributed by atoms with E-state index in [9.17, 15) is 13.2 Å². The Labute approximate surface area is 139 Å². The Bertz CT molecular complexity index is 862. The molecule has 0 fully saturated rings. The van der Waals surface area contributed by atoms with Crippen molar-refractivity contribution in [3.8, 4) is 0 Å². The van der Waals surface area contributed by atoms with Crippen LogP contribution in [-0.4, -0.2) is 36.3 Å². The van der Waals surface area contributed by atoms with E-state index in [-0.39, 0.29) is 10.9 Å². The van der Waals surface area contributed by atoms with Gasteiger partial charge in [0.15, 0.2) is 4.80 Å². The van der Waals surface area contributed by atoms with Gasteiger partial charge in [-0.25, -0.2) is 8.42 Å². The third-order valence-corrected chi connectivity index (χ3v) is 6.36. The molecule has 124 valence electrons. The first kappa shape index (κ1) is 17.6. The van der Waals surface area contributed by atoms with E-state index in [0.717, 1.165) is 0 Å². The summed E-state index contributed by atoms with van der Waals surface area (Å²) in [5, 5.41) is 1.84. The van der Waals surface area contributed by atoms with Crippen molar-refractivity contribution in [2.24, 2.45) is 12.0 Å². The molecule has 0 unspecified atom stereocenters. The second-order valence-corrected chi connectivity index (χ2v) is 8.22. The van der Waals surface area contributed by atoms with E-state index in [1.54, 1.807) is 25.5 Å². The molecule has 0 aliphatic heterocycles.